The normalized spacial score (nSPS) is 17.4. The number of rotatable bonds is 11. The molecule has 1 aromatic carbocycles. The van der Waals surface area contributed by atoms with E-state index in [9.17, 15) is 9.90 Å². The maximum absolute atomic E-state index is 12.7. The highest BCUT2D eigenvalue weighted by Gasteiger charge is 2.30. The Morgan fingerprint density at radius 2 is 1.69 bits per heavy atom. The summed E-state index contributed by atoms with van der Waals surface area (Å²) in [5.74, 6) is 0.674. The highest BCUT2D eigenvalue weighted by Crippen LogP contribution is 2.24. The summed E-state index contributed by atoms with van der Waals surface area (Å²) in [7, 11) is 1.68. The molecule has 0 heterocycles. The van der Waals surface area contributed by atoms with Gasteiger partial charge in [0, 0.05) is 7.11 Å². The van der Waals surface area contributed by atoms with Gasteiger partial charge in [0.2, 0.25) is 5.91 Å². The van der Waals surface area contributed by atoms with Gasteiger partial charge in [-0.3, -0.25) is 4.79 Å². The number of nitrogens with one attached hydrogen (secondary N) is 1. The molecule has 0 radical (unpaired) electrons. The van der Waals surface area contributed by atoms with Crippen molar-refractivity contribution in [1.82, 2.24) is 5.32 Å². The third-order valence-electron chi connectivity index (χ3n) is 5.16. The SMILES string of the molecule is COC(C(C)CCCC(C)C)C(C)C(=O)NC(C)C(O)c1ccccc1. The van der Waals surface area contributed by atoms with Gasteiger partial charge in [-0.25, -0.2) is 0 Å². The molecule has 0 aliphatic heterocycles. The summed E-state index contributed by atoms with van der Waals surface area (Å²) in [6.45, 7) is 10.3. The molecule has 5 unspecified atom stereocenters. The molecule has 0 fully saturated rings. The van der Waals surface area contributed by atoms with E-state index in [1.165, 1.54) is 6.42 Å². The van der Waals surface area contributed by atoms with Crippen molar-refractivity contribution in [2.45, 2.75) is 72.1 Å². The van der Waals surface area contributed by atoms with Crippen molar-refractivity contribution in [3.63, 3.8) is 0 Å². The highest BCUT2D eigenvalue weighted by atomic mass is 16.5. The minimum absolute atomic E-state index is 0.0740. The number of benzene rings is 1. The fourth-order valence-corrected chi connectivity index (χ4v) is 3.46. The lowest BCUT2D eigenvalue weighted by atomic mass is 9.87. The van der Waals surface area contributed by atoms with Gasteiger partial charge in [-0.15, -0.1) is 0 Å². The third-order valence-corrected chi connectivity index (χ3v) is 5.16. The summed E-state index contributed by atoms with van der Waals surface area (Å²) >= 11 is 0. The van der Waals surface area contributed by atoms with Crippen LogP contribution in [0.15, 0.2) is 30.3 Å². The van der Waals surface area contributed by atoms with Crippen LogP contribution in [0.1, 0.15) is 65.5 Å². The third kappa shape index (κ3) is 7.08. The number of aliphatic hydroxyl groups excluding tert-OH is 1. The topological polar surface area (TPSA) is 58.6 Å². The van der Waals surface area contributed by atoms with Crippen LogP contribution in [0.4, 0.5) is 0 Å². The molecule has 4 heteroatoms. The molecule has 0 bridgehead atoms. The summed E-state index contributed by atoms with van der Waals surface area (Å²) in [6.07, 6.45) is 2.55. The average molecular weight is 364 g/mol. The molecule has 26 heavy (non-hydrogen) atoms. The van der Waals surface area contributed by atoms with Crippen molar-refractivity contribution in [3.8, 4) is 0 Å². The predicted octanol–water partition coefficient (Wildman–Crippen LogP) is 4.34. The van der Waals surface area contributed by atoms with E-state index in [4.69, 9.17) is 4.74 Å². The maximum atomic E-state index is 12.7. The second-order valence-corrected chi connectivity index (χ2v) is 7.94. The molecule has 0 spiro atoms. The van der Waals surface area contributed by atoms with E-state index >= 15 is 0 Å². The number of aliphatic hydroxyl groups is 1. The van der Waals surface area contributed by atoms with Crippen LogP contribution in [0.3, 0.4) is 0 Å². The lowest BCUT2D eigenvalue weighted by Crippen LogP contribution is -2.45. The largest absolute Gasteiger partial charge is 0.386 e. The molecule has 0 aromatic heterocycles. The van der Waals surface area contributed by atoms with Gasteiger partial charge in [-0.2, -0.15) is 0 Å². The fraction of sp³-hybridized carbons (Fsp3) is 0.682. The van der Waals surface area contributed by atoms with Gasteiger partial charge >= 0.3 is 0 Å². The Morgan fingerprint density at radius 3 is 2.23 bits per heavy atom. The van der Waals surface area contributed by atoms with Gasteiger partial charge in [-0.05, 0) is 30.7 Å². The van der Waals surface area contributed by atoms with Crippen LogP contribution in [0.5, 0.6) is 0 Å². The van der Waals surface area contributed by atoms with Crippen molar-refractivity contribution in [3.05, 3.63) is 35.9 Å². The van der Waals surface area contributed by atoms with E-state index in [0.717, 1.165) is 18.4 Å². The Bertz CT molecular complexity index is 517. The van der Waals surface area contributed by atoms with Crippen LogP contribution < -0.4 is 5.32 Å². The van der Waals surface area contributed by atoms with Crippen molar-refractivity contribution in [2.24, 2.45) is 17.8 Å². The molecule has 0 saturated carbocycles. The smallest absolute Gasteiger partial charge is 0.225 e. The Hall–Kier alpha value is -1.39. The molecule has 0 saturated heterocycles. The molecular formula is C22H37NO3. The predicted molar refractivity (Wildman–Crippen MR) is 107 cm³/mol. The molecule has 5 atom stereocenters. The van der Waals surface area contributed by atoms with Gasteiger partial charge in [-0.1, -0.05) is 70.9 Å². The Labute approximate surface area is 159 Å². The van der Waals surface area contributed by atoms with Crippen LogP contribution in [0, 0.1) is 17.8 Å². The van der Waals surface area contributed by atoms with Crippen LogP contribution >= 0.6 is 0 Å². The zero-order chi connectivity index (χ0) is 19.7. The van der Waals surface area contributed by atoms with E-state index in [2.05, 4.69) is 26.1 Å². The first kappa shape index (κ1) is 22.7. The Balaban J connectivity index is 2.60. The summed E-state index contributed by atoms with van der Waals surface area (Å²) in [5, 5.41) is 13.4. The van der Waals surface area contributed by atoms with E-state index in [0.29, 0.717) is 11.8 Å². The lowest BCUT2D eigenvalue weighted by molar-refractivity contribution is -0.131. The fourth-order valence-electron chi connectivity index (χ4n) is 3.46. The molecule has 4 nitrogen and oxygen atoms in total. The van der Waals surface area contributed by atoms with Crippen LogP contribution in [-0.4, -0.2) is 30.3 Å². The quantitative estimate of drug-likeness (QED) is 0.615. The first-order valence-electron chi connectivity index (χ1n) is 9.84. The number of methoxy groups -OCH3 is 1. The summed E-state index contributed by atoms with van der Waals surface area (Å²) < 4.78 is 5.66. The molecule has 1 aromatic rings. The number of hydrogen-bond acceptors (Lipinski definition) is 3. The minimum Gasteiger partial charge on any atom is -0.386 e. The summed E-state index contributed by atoms with van der Waals surface area (Å²) in [5.41, 5.74) is 0.804. The van der Waals surface area contributed by atoms with E-state index in [1.54, 1.807) is 7.11 Å². The maximum Gasteiger partial charge on any atom is 0.225 e. The van der Waals surface area contributed by atoms with E-state index in [-0.39, 0.29) is 24.0 Å². The standard InChI is InChI=1S/C22H37NO3/c1-15(2)11-10-12-16(3)21(26-6)17(4)22(25)23-18(5)20(24)19-13-8-7-9-14-19/h7-9,13-18,20-21,24H,10-12H2,1-6H3,(H,23,25). The lowest BCUT2D eigenvalue weighted by Gasteiger charge is -2.30. The number of ether oxygens (including phenoxy) is 1. The highest BCUT2D eigenvalue weighted by molar-refractivity contribution is 5.79. The zero-order valence-electron chi connectivity index (χ0n) is 17.2. The first-order chi connectivity index (χ1) is 12.3. The molecule has 2 N–H and O–H groups in total. The average Bonchev–Trinajstić information content (AvgIpc) is 2.61. The Morgan fingerprint density at radius 1 is 1.08 bits per heavy atom. The van der Waals surface area contributed by atoms with Gasteiger partial charge in [0.1, 0.15) is 0 Å². The van der Waals surface area contributed by atoms with E-state index in [1.807, 2.05) is 44.2 Å². The first-order valence-corrected chi connectivity index (χ1v) is 9.84. The van der Waals surface area contributed by atoms with Gasteiger partial charge in [0.25, 0.3) is 0 Å². The van der Waals surface area contributed by atoms with Crippen molar-refractivity contribution < 1.29 is 14.6 Å². The second-order valence-electron chi connectivity index (χ2n) is 7.94. The van der Waals surface area contributed by atoms with Crippen molar-refractivity contribution in [1.29, 1.82) is 0 Å². The van der Waals surface area contributed by atoms with Gasteiger partial charge in [0.05, 0.1) is 24.2 Å². The van der Waals surface area contributed by atoms with Crippen molar-refractivity contribution >= 4 is 5.91 Å². The summed E-state index contributed by atoms with van der Waals surface area (Å²) in [4.78, 5) is 12.7. The monoisotopic (exact) mass is 363 g/mol. The second kappa shape index (κ2) is 11.3. The van der Waals surface area contributed by atoms with Crippen molar-refractivity contribution in [2.75, 3.05) is 7.11 Å². The molecule has 1 amide bonds. The Kier molecular flexibility index (Phi) is 9.89. The van der Waals surface area contributed by atoms with E-state index < -0.39 is 6.10 Å². The number of amides is 1. The molecule has 0 aliphatic carbocycles. The summed E-state index contributed by atoms with van der Waals surface area (Å²) in [6, 6.07) is 9.05. The van der Waals surface area contributed by atoms with Crippen LogP contribution in [0.2, 0.25) is 0 Å². The number of hydrogen-bond donors (Lipinski definition) is 2. The number of carbonyl (C=O) groups excluding carboxylic acids is 1. The molecule has 1 rings (SSSR count). The number of carbonyl (C=O) groups is 1. The van der Waals surface area contributed by atoms with Gasteiger partial charge in [0.15, 0.2) is 0 Å². The minimum atomic E-state index is -0.725. The van der Waals surface area contributed by atoms with Gasteiger partial charge < -0.3 is 15.2 Å². The van der Waals surface area contributed by atoms with Crippen LogP contribution in [-0.2, 0) is 9.53 Å². The molecular weight excluding hydrogens is 326 g/mol. The zero-order valence-corrected chi connectivity index (χ0v) is 17.2. The molecule has 148 valence electrons. The molecule has 0 aliphatic rings. The van der Waals surface area contributed by atoms with Crippen LogP contribution in [0.25, 0.3) is 0 Å².